The quantitative estimate of drug-likeness (QED) is 0.0459. The fraction of sp³-hybridized carbons (Fsp3) is 0.658. The lowest BCUT2D eigenvalue weighted by atomic mass is 10.0. The average Bonchev–Trinajstić information content (AvgIpc) is 3.00. The van der Waals surface area contributed by atoms with Crippen LogP contribution < -0.4 is 4.74 Å². The number of unbranched alkanes of at least 4 members (excludes halogenated alkanes) is 19. The van der Waals surface area contributed by atoms with Gasteiger partial charge in [-0.15, -0.1) is 0 Å². The fourth-order valence-electron chi connectivity index (χ4n) is 5.78. The zero-order chi connectivity index (χ0) is 31.1. The van der Waals surface area contributed by atoms with Gasteiger partial charge in [0.2, 0.25) is 0 Å². The summed E-state index contributed by atoms with van der Waals surface area (Å²) in [7, 11) is 0. The molecule has 0 radical (unpaired) electrons. The molecule has 5 nitrogen and oxygen atoms in total. The third-order valence-electron chi connectivity index (χ3n) is 8.59. The molecule has 0 aromatic heterocycles. The van der Waals surface area contributed by atoms with E-state index in [2.05, 4.69) is 13.8 Å². The summed E-state index contributed by atoms with van der Waals surface area (Å²) in [5, 5.41) is 31.8. The van der Waals surface area contributed by atoms with E-state index in [9.17, 15) is 20.1 Å². The van der Waals surface area contributed by atoms with Gasteiger partial charge in [-0.25, -0.2) is 4.79 Å². The van der Waals surface area contributed by atoms with Crippen LogP contribution in [0.2, 0.25) is 0 Å². The number of esters is 1. The Kier molecular flexibility index (Phi) is 19.3. The van der Waals surface area contributed by atoms with Crippen LogP contribution >= 0.6 is 0 Å². The van der Waals surface area contributed by atoms with Crippen molar-refractivity contribution >= 4 is 5.97 Å². The first-order valence-electron chi connectivity index (χ1n) is 17.6. The lowest BCUT2D eigenvalue weighted by Crippen LogP contribution is -2.09. The number of para-hydroxylation sites is 1. The van der Waals surface area contributed by atoms with Gasteiger partial charge in [-0.3, -0.25) is 0 Å². The van der Waals surface area contributed by atoms with Gasteiger partial charge in [0.25, 0.3) is 0 Å². The van der Waals surface area contributed by atoms with Crippen LogP contribution in [-0.4, -0.2) is 21.3 Å². The van der Waals surface area contributed by atoms with E-state index in [-0.39, 0.29) is 22.8 Å². The number of hydrogen-bond acceptors (Lipinski definition) is 5. The number of phenols is 3. The monoisotopic (exact) mass is 596 g/mol. The zero-order valence-electron chi connectivity index (χ0n) is 27.3. The van der Waals surface area contributed by atoms with Crippen LogP contribution in [0, 0.1) is 0 Å². The van der Waals surface area contributed by atoms with Crippen LogP contribution in [-0.2, 0) is 12.8 Å². The Morgan fingerprint density at radius 1 is 0.512 bits per heavy atom. The van der Waals surface area contributed by atoms with Crippen LogP contribution in [0.5, 0.6) is 23.0 Å². The molecule has 0 atom stereocenters. The third-order valence-corrected chi connectivity index (χ3v) is 8.59. The maximum atomic E-state index is 12.8. The summed E-state index contributed by atoms with van der Waals surface area (Å²) in [6.45, 7) is 4.47. The van der Waals surface area contributed by atoms with Gasteiger partial charge in [-0.05, 0) is 48.9 Å². The molecule has 5 heteroatoms. The van der Waals surface area contributed by atoms with Crippen molar-refractivity contribution in [3.63, 3.8) is 0 Å². The molecule has 0 aliphatic rings. The normalized spacial score (nSPS) is 11.2. The largest absolute Gasteiger partial charge is 0.504 e. The topological polar surface area (TPSA) is 87.0 Å². The molecule has 0 bridgehead atoms. The second-order valence-corrected chi connectivity index (χ2v) is 12.3. The number of rotatable bonds is 25. The minimum Gasteiger partial charge on any atom is -0.504 e. The van der Waals surface area contributed by atoms with Gasteiger partial charge >= 0.3 is 5.97 Å². The van der Waals surface area contributed by atoms with Gasteiger partial charge in [0.15, 0.2) is 23.0 Å². The predicted molar refractivity (Wildman–Crippen MR) is 179 cm³/mol. The molecule has 0 aliphatic carbocycles. The minimum atomic E-state index is -0.806. The van der Waals surface area contributed by atoms with Crippen LogP contribution in [0.15, 0.2) is 30.3 Å². The lowest BCUT2D eigenvalue weighted by molar-refractivity contribution is 0.0725. The Hall–Kier alpha value is -2.69. The van der Waals surface area contributed by atoms with Gasteiger partial charge in [-0.2, -0.15) is 0 Å². The summed E-state index contributed by atoms with van der Waals surface area (Å²) in [5.41, 5.74) is 1.26. The second kappa shape index (κ2) is 22.8. The molecule has 0 saturated heterocycles. The van der Waals surface area contributed by atoms with E-state index in [0.717, 1.165) is 31.2 Å². The van der Waals surface area contributed by atoms with E-state index in [1.54, 1.807) is 18.2 Å². The highest BCUT2D eigenvalue weighted by Gasteiger charge is 2.21. The molecule has 0 spiro atoms. The van der Waals surface area contributed by atoms with Gasteiger partial charge in [0.1, 0.15) is 5.56 Å². The van der Waals surface area contributed by atoms with Crippen molar-refractivity contribution in [2.24, 2.45) is 0 Å². The molecule has 0 aliphatic heterocycles. The van der Waals surface area contributed by atoms with E-state index in [1.165, 1.54) is 115 Å². The van der Waals surface area contributed by atoms with E-state index < -0.39 is 11.7 Å². The standard InChI is InChI=1S/C38H60O5/c1-3-5-7-9-11-12-13-14-15-16-17-19-21-23-26-32-29-30-33(37(41)36(32)40)38(42)43-34-28-24-27-31(35(34)39)25-22-20-18-10-8-6-4-2/h24,27-30,39-41H,3-23,25-26H2,1-2H3. The molecule has 0 amide bonds. The Balaban J connectivity index is 1.70. The van der Waals surface area contributed by atoms with E-state index in [4.69, 9.17) is 4.74 Å². The third kappa shape index (κ3) is 14.6. The molecule has 2 aromatic carbocycles. The highest BCUT2D eigenvalue weighted by Crippen LogP contribution is 2.36. The first-order valence-corrected chi connectivity index (χ1v) is 17.6. The average molecular weight is 597 g/mol. The lowest BCUT2D eigenvalue weighted by Gasteiger charge is -2.13. The summed E-state index contributed by atoms with van der Waals surface area (Å²) in [6.07, 6.45) is 27.6. The van der Waals surface area contributed by atoms with E-state index >= 15 is 0 Å². The SMILES string of the molecule is CCCCCCCCCCCCCCCCc1ccc(C(=O)Oc2cccc(CCCCCCCCC)c2O)c(O)c1O. The highest BCUT2D eigenvalue weighted by atomic mass is 16.5. The van der Waals surface area contributed by atoms with E-state index in [1.807, 2.05) is 6.07 Å². The van der Waals surface area contributed by atoms with Crippen LogP contribution in [0.1, 0.15) is 170 Å². The molecule has 3 N–H and O–H groups in total. The molecule has 43 heavy (non-hydrogen) atoms. The number of phenolic OH excluding ortho intramolecular Hbond substituents is 3. The molecular weight excluding hydrogens is 536 g/mol. The van der Waals surface area contributed by atoms with Crippen molar-refractivity contribution in [1.82, 2.24) is 0 Å². The van der Waals surface area contributed by atoms with Crippen molar-refractivity contribution in [3.05, 3.63) is 47.0 Å². The molecule has 2 rings (SSSR count). The number of aromatic hydroxyl groups is 3. The van der Waals surface area contributed by atoms with Crippen molar-refractivity contribution in [1.29, 1.82) is 0 Å². The number of carbonyl (C=O) groups excluding carboxylic acids is 1. The number of aryl methyl sites for hydroxylation is 2. The first kappa shape index (κ1) is 36.5. The van der Waals surface area contributed by atoms with Crippen molar-refractivity contribution < 1.29 is 24.9 Å². The zero-order valence-corrected chi connectivity index (χ0v) is 27.3. The van der Waals surface area contributed by atoms with Crippen molar-refractivity contribution in [2.75, 3.05) is 0 Å². The molecule has 0 saturated carbocycles. The second-order valence-electron chi connectivity index (χ2n) is 12.3. The Labute approximate surface area is 262 Å². The molecule has 0 heterocycles. The van der Waals surface area contributed by atoms with Gasteiger partial charge in [0, 0.05) is 0 Å². The summed E-state index contributed by atoms with van der Waals surface area (Å²) < 4.78 is 5.45. The molecular formula is C38H60O5. The summed E-state index contributed by atoms with van der Waals surface area (Å²) in [5.74, 6) is -1.51. The predicted octanol–water partition coefficient (Wildman–Crippen LogP) is 11.3. The Morgan fingerprint density at radius 3 is 1.40 bits per heavy atom. The molecule has 0 unspecified atom stereocenters. The number of benzene rings is 2. The maximum Gasteiger partial charge on any atom is 0.347 e. The van der Waals surface area contributed by atoms with Crippen LogP contribution in [0.3, 0.4) is 0 Å². The smallest absolute Gasteiger partial charge is 0.347 e. The van der Waals surface area contributed by atoms with Crippen LogP contribution in [0.4, 0.5) is 0 Å². The minimum absolute atomic E-state index is 0.0417. The summed E-state index contributed by atoms with van der Waals surface area (Å²) in [4.78, 5) is 12.8. The Bertz CT molecular complexity index is 1030. The van der Waals surface area contributed by atoms with Crippen LogP contribution in [0.25, 0.3) is 0 Å². The molecule has 242 valence electrons. The first-order chi connectivity index (χ1) is 21.0. The van der Waals surface area contributed by atoms with Crippen molar-refractivity contribution in [2.45, 2.75) is 162 Å². The highest BCUT2D eigenvalue weighted by molar-refractivity contribution is 5.95. The summed E-state index contributed by atoms with van der Waals surface area (Å²) in [6, 6.07) is 8.33. The number of ether oxygens (including phenoxy) is 1. The molecule has 0 fully saturated rings. The van der Waals surface area contributed by atoms with E-state index in [0.29, 0.717) is 18.4 Å². The maximum absolute atomic E-state index is 12.8. The number of carbonyl (C=O) groups is 1. The summed E-state index contributed by atoms with van der Waals surface area (Å²) >= 11 is 0. The number of hydrogen-bond donors (Lipinski definition) is 3. The van der Waals surface area contributed by atoms with Gasteiger partial charge < -0.3 is 20.1 Å². The Morgan fingerprint density at radius 2 is 0.930 bits per heavy atom. The fourth-order valence-corrected chi connectivity index (χ4v) is 5.78. The van der Waals surface area contributed by atoms with Crippen molar-refractivity contribution in [3.8, 4) is 23.0 Å². The van der Waals surface area contributed by atoms with Gasteiger partial charge in [-0.1, -0.05) is 154 Å². The van der Waals surface area contributed by atoms with Gasteiger partial charge in [0.05, 0.1) is 0 Å². The molecule has 2 aromatic rings.